The van der Waals surface area contributed by atoms with Gasteiger partial charge in [-0.3, -0.25) is 4.79 Å². The molecule has 0 bridgehead atoms. The van der Waals surface area contributed by atoms with Crippen molar-refractivity contribution in [3.8, 4) is 0 Å². The number of aliphatic hydroxyl groups is 2. The van der Waals surface area contributed by atoms with E-state index < -0.39 is 12.2 Å². The summed E-state index contributed by atoms with van der Waals surface area (Å²) in [5.74, 6) is 0. The Balaban J connectivity index is 2.35. The lowest BCUT2D eigenvalue weighted by Gasteiger charge is -2.16. The monoisotopic (exact) mass is 260 g/mol. The third kappa shape index (κ3) is 2.74. The van der Waals surface area contributed by atoms with Crippen molar-refractivity contribution in [1.29, 1.82) is 0 Å². The van der Waals surface area contributed by atoms with Crippen molar-refractivity contribution >= 4 is 10.9 Å². The van der Waals surface area contributed by atoms with Gasteiger partial charge < -0.3 is 15.2 Å². The van der Waals surface area contributed by atoms with Crippen molar-refractivity contribution in [3.63, 3.8) is 0 Å². The first-order valence-corrected chi connectivity index (χ1v) is 5.62. The molecule has 0 aliphatic heterocycles. The molecule has 1 aromatic heterocycles. The van der Waals surface area contributed by atoms with Crippen LogP contribution in [-0.2, 0) is 0 Å². The molecule has 2 atom stereocenters. The van der Waals surface area contributed by atoms with Gasteiger partial charge in [-0.05, 0) is 23.2 Å². The number of aromatic nitrogens is 1. The van der Waals surface area contributed by atoms with Gasteiger partial charge in [-0.25, -0.2) is 0 Å². The molecule has 1 aromatic carbocycles. The number of rotatable bonds is 4. The van der Waals surface area contributed by atoms with Crippen molar-refractivity contribution < 1.29 is 10.2 Å². The van der Waals surface area contributed by atoms with Gasteiger partial charge in [0.05, 0.1) is 12.6 Å². The maximum Gasteiger partial charge on any atom is 0.189 e. The Morgan fingerprint density at radius 1 is 1.37 bits per heavy atom. The van der Waals surface area contributed by atoms with E-state index in [2.05, 4.69) is 15.0 Å². The van der Waals surface area contributed by atoms with Gasteiger partial charge >= 0.3 is 0 Å². The van der Waals surface area contributed by atoms with Gasteiger partial charge in [0.15, 0.2) is 5.43 Å². The average Bonchev–Trinajstić information content (AvgIpc) is 2.43. The fourth-order valence-corrected chi connectivity index (χ4v) is 1.82. The largest absolute Gasteiger partial charge is 0.390 e. The number of nitrogens with zero attached hydrogens (tertiary/aromatic N) is 3. The Hall–Kier alpha value is -2.34. The number of H-pyrrole nitrogens is 1. The third-order valence-corrected chi connectivity index (χ3v) is 2.82. The second kappa shape index (κ2) is 5.53. The van der Waals surface area contributed by atoms with E-state index in [4.69, 9.17) is 5.53 Å². The molecule has 0 spiro atoms. The molecule has 2 unspecified atom stereocenters. The number of benzene rings is 1. The number of pyridine rings is 1. The molecule has 2 aromatic rings. The summed E-state index contributed by atoms with van der Waals surface area (Å²) >= 11 is 0. The predicted octanol–water partition coefficient (Wildman–Crippen LogP) is 1.23. The van der Waals surface area contributed by atoms with Crippen LogP contribution in [0.25, 0.3) is 21.3 Å². The molecule has 0 saturated carbocycles. The molecule has 7 heteroatoms. The summed E-state index contributed by atoms with van der Waals surface area (Å²) in [5, 5.41) is 23.3. The van der Waals surface area contributed by atoms with Crippen LogP contribution in [0.4, 0.5) is 0 Å². The van der Waals surface area contributed by atoms with Crippen LogP contribution in [0.3, 0.4) is 0 Å². The molecule has 0 radical (unpaired) electrons. The van der Waals surface area contributed by atoms with E-state index >= 15 is 0 Å². The molecular weight excluding hydrogens is 248 g/mol. The molecule has 7 nitrogen and oxygen atoms in total. The summed E-state index contributed by atoms with van der Waals surface area (Å²) in [6, 6.07) is 6.13. The smallest absolute Gasteiger partial charge is 0.189 e. The fraction of sp³-hybridized carbons (Fsp3) is 0.250. The predicted molar refractivity (Wildman–Crippen MR) is 69.5 cm³/mol. The van der Waals surface area contributed by atoms with Gasteiger partial charge in [-0.15, -0.1) is 0 Å². The Morgan fingerprint density at radius 3 is 2.89 bits per heavy atom. The van der Waals surface area contributed by atoms with Crippen LogP contribution in [0.1, 0.15) is 11.7 Å². The first-order chi connectivity index (χ1) is 9.13. The maximum atomic E-state index is 11.5. The highest BCUT2D eigenvalue weighted by Crippen LogP contribution is 2.20. The van der Waals surface area contributed by atoms with Gasteiger partial charge in [0.1, 0.15) is 6.10 Å². The van der Waals surface area contributed by atoms with E-state index in [1.165, 1.54) is 12.3 Å². The Labute approximate surface area is 107 Å². The van der Waals surface area contributed by atoms with Gasteiger partial charge in [-0.1, -0.05) is 11.2 Å². The topological polar surface area (TPSA) is 122 Å². The van der Waals surface area contributed by atoms with Crippen LogP contribution in [0, 0.1) is 0 Å². The van der Waals surface area contributed by atoms with Crippen LogP contribution in [0.15, 0.2) is 40.4 Å². The zero-order valence-corrected chi connectivity index (χ0v) is 9.89. The van der Waals surface area contributed by atoms with Gasteiger partial charge in [-0.2, -0.15) is 0 Å². The molecule has 3 N–H and O–H groups in total. The number of hydrogen-bond donors (Lipinski definition) is 3. The lowest BCUT2D eigenvalue weighted by Crippen LogP contribution is -2.21. The number of aromatic amines is 1. The fourth-order valence-electron chi connectivity index (χ4n) is 1.82. The molecule has 2 rings (SSSR count). The van der Waals surface area contributed by atoms with E-state index in [-0.39, 0.29) is 12.0 Å². The normalized spacial score (nSPS) is 13.8. The molecular formula is C12H12N4O3. The molecule has 0 aliphatic carbocycles. The summed E-state index contributed by atoms with van der Waals surface area (Å²) in [6.45, 7) is -0.221. The summed E-state index contributed by atoms with van der Waals surface area (Å²) < 4.78 is 0. The number of nitrogens with one attached hydrogen (secondary N) is 1. The number of fused-ring (bicyclic) bond motifs is 1. The van der Waals surface area contributed by atoms with Crippen LogP contribution >= 0.6 is 0 Å². The van der Waals surface area contributed by atoms with Gasteiger partial charge in [0, 0.05) is 28.1 Å². The number of hydrogen-bond acceptors (Lipinski definition) is 4. The van der Waals surface area contributed by atoms with Crippen molar-refractivity contribution in [2.45, 2.75) is 12.2 Å². The standard InChI is InChI=1S/C12H12N4O3/c13-16-15-6-11(18)12(19)7-1-2-8-9(5-7)14-4-3-10(8)17/h1-5,11-12,18-19H,6H2,(H,14,17). The highest BCUT2D eigenvalue weighted by atomic mass is 16.3. The van der Waals surface area contributed by atoms with Crippen LogP contribution in [0.2, 0.25) is 0 Å². The number of azide groups is 1. The van der Waals surface area contributed by atoms with Crippen molar-refractivity contribution in [2.75, 3.05) is 6.54 Å². The van der Waals surface area contributed by atoms with Crippen LogP contribution in [0.5, 0.6) is 0 Å². The first-order valence-electron chi connectivity index (χ1n) is 5.62. The molecule has 1 heterocycles. The minimum Gasteiger partial charge on any atom is -0.390 e. The van der Waals surface area contributed by atoms with E-state index in [1.54, 1.807) is 18.2 Å². The second-order valence-corrected chi connectivity index (χ2v) is 4.07. The van der Waals surface area contributed by atoms with E-state index in [0.29, 0.717) is 16.5 Å². The molecule has 98 valence electrons. The third-order valence-electron chi connectivity index (χ3n) is 2.82. The number of aliphatic hydroxyl groups excluding tert-OH is 2. The van der Waals surface area contributed by atoms with Crippen molar-refractivity contribution in [3.05, 3.63) is 56.7 Å². The van der Waals surface area contributed by atoms with Crippen molar-refractivity contribution in [2.24, 2.45) is 5.11 Å². The van der Waals surface area contributed by atoms with Gasteiger partial charge in [0.25, 0.3) is 0 Å². The zero-order valence-electron chi connectivity index (χ0n) is 9.89. The lowest BCUT2D eigenvalue weighted by atomic mass is 10.0. The maximum absolute atomic E-state index is 11.5. The molecule has 19 heavy (non-hydrogen) atoms. The highest BCUT2D eigenvalue weighted by molar-refractivity contribution is 5.78. The average molecular weight is 260 g/mol. The highest BCUT2D eigenvalue weighted by Gasteiger charge is 2.18. The SMILES string of the molecule is [N-]=[N+]=NCC(O)C(O)c1ccc2c(=O)cc[nH]c2c1. The zero-order chi connectivity index (χ0) is 13.8. The van der Waals surface area contributed by atoms with Gasteiger partial charge in [0.2, 0.25) is 0 Å². The first kappa shape index (κ1) is 13.1. The summed E-state index contributed by atoms with van der Waals surface area (Å²) in [6.07, 6.45) is -0.862. The molecule has 0 saturated heterocycles. The van der Waals surface area contributed by atoms with Crippen LogP contribution < -0.4 is 5.43 Å². The van der Waals surface area contributed by atoms with E-state index in [0.717, 1.165) is 0 Å². The molecule has 0 aliphatic rings. The minimum atomic E-state index is -1.19. The summed E-state index contributed by atoms with van der Waals surface area (Å²) in [5.41, 5.74) is 9.05. The molecule has 0 fully saturated rings. The minimum absolute atomic E-state index is 0.121. The summed E-state index contributed by atoms with van der Waals surface area (Å²) in [4.78, 5) is 17.0. The Morgan fingerprint density at radius 2 is 2.16 bits per heavy atom. The second-order valence-electron chi connectivity index (χ2n) is 4.07. The van der Waals surface area contributed by atoms with E-state index in [9.17, 15) is 15.0 Å². The molecule has 0 amide bonds. The Kier molecular flexibility index (Phi) is 3.82. The van der Waals surface area contributed by atoms with Crippen molar-refractivity contribution in [1.82, 2.24) is 4.98 Å². The Bertz CT molecular complexity index is 691. The van der Waals surface area contributed by atoms with Crippen LogP contribution in [-0.4, -0.2) is 27.8 Å². The summed E-state index contributed by atoms with van der Waals surface area (Å²) in [7, 11) is 0. The van der Waals surface area contributed by atoms with E-state index in [1.807, 2.05) is 0 Å². The lowest BCUT2D eigenvalue weighted by molar-refractivity contribution is 0.0245. The quantitative estimate of drug-likeness (QED) is 0.435.